The van der Waals surface area contributed by atoms with Crippen molar-refractivity contribution in [2.24, 2.45) is 0 Å². The molecule has 0 spiro atoms. The molecule has 0 radical (unpaired) electrons. The quantitative estimate of drug-likeness (QED) is 0.866. The molecule has 20 heavy (non-hydrogen) atoms. The summed E-state index contributed by atoms with van der Waals surface area (Å²) in [6.45, 7) is 4.66. The first kappa shape index (κ1) is 13.2. The van der Waals surface area contributed by atoms with Crippen molar-refractivity contribution in [1.82, 2.24) is 9.88 Å². The molecule has 1 saturated heterocycles. The Morgan fingerprint density at radius 1 is 1.25 bits per heavy atom. The number of likely N-dealkylation sites (tertiary alicyclic amines) is 1. The van der Waals surface area contributed by atoms with Gasteiger partial charge >= 0.3 is 0 Å². The fourth-order valence-electron chi connectivity index (χ4n) is 2.94. The zero-order valence-electron chi connectivity index (χ0n) is 12.0. The summed E-state index contributed by atoms with van der Waals surface area (Å²) in [7, 11) is 2.15. The average molecular weight is 270 g/mol. The lowest BCUT2D eigenvalue weighted by atomic mass is 10.1. The highest BCUT2D eigenvalue weighted by atomic mass is 15.2. The fourth-order valence-corrected chi connectivity index (χ4v) is 2.94. The summed E-state index contributed by atoms with van der Waals surface area (Å²) in [5.74, 6) is 0. The Morgan fingerprint density at radius 2 is 2.05 bits per heavy atom. The van der Waals surface area contributed by atoms with E-state index in [0.29, 0.717) is 0 Å². The summed E-state index contributed by atoms with van der Waals surface area (Å²) in [5, 5.41) is 1.14. The standard InChI is InChI=1S/C16H22N4/c1-19(11-12-20-9-2-3-10-20)15-7-8-18-16-13(15)5-4-6-14(16)17/h4-8H,2-3,9-12,17H2,1H3. The van der Waals surface area contributed by atoms with Gasteiger partial charge in [-0.15, -0.1) is 0 Å². The highest BCUT2D eigenvalue weighted by Crippen LogP contribution is 2.27. The number of nitrogens with zero attached hydrogens (tertiary/aromatic N) is 3. The maximum Gasteiger partial charge on any atom is 0.0951 e. The molecule has 3 rings (SSSR count). The van der Waals surface area contributed by atoms with Crippen molar-refractivity contribution < 1.29 is 0 Å². The number of hydrogen-bond donors (Lipinski definition) is 1. The summed E-state index contributed by atoms with van der Waals surface area (Å²) in [6.07, 6.45) is 4.54. The van der Waals surface area contributed by atoms with E-state index < -0.39 is 0 Å². The lowest BCUT2D eigenvalue weighted by Gasteiger charge is -2.24. The molecule has 0 unspecified atom stereocenters. The second-order valence-corrected chi connectivity index (χ2v) is 5.54. The van der Waals surface area contributed by atoms with Crippen LogP contribution in [0.2, 0.25) is 0 Å². The molecule has 106 valence electrons. The van der Waals surface area contributed by atoms with Crippen LogP contribution in [0.4, 0.5) is 11.4 Å². The van der Waals surface area contributed by atoms with E-state index >= 15 is 0 Å². The molecule has 1 fully saturated rings. The minimum absolute atomic E-state index is 0.747. The molecule has 1 aromatic carbocycles. The predicted octanol–water partition coefficient (Wildman–Crippen LogP) is 2.35. The summed E-state index contributed by atoms with van der Waals surface area (Å²) < 4.78 is 0. The Kier molecular flexibility index (Phi) is 3.74. The molecule has 2 heterocycles. The molecule has 4 heteroatoms. The highest BCUT2D eigenvalue weighted by molar-refractivity contribution is 5.97. The molecule has 1 aliphatic heterocycles. The Morgan fingerprint density at radius 3 is 2.85 bits per heavy atom. The number of likely N-dealkylation sites (N-methyl/N-ethyl adjacent to an activating group) is 1. The van der Waals surface area contributed by atoms with Crippen LogP contribution in [0.1, 0.15) is 12.8 Å². The van der Waals surface area contributed by atoms with E-state index in [9.17, 15) is 0 Å². The molecular weight excluding hydrogens is 248 g/mol. The van der Waals surface area contributed by atoms with E-state index in [0.717, 1.165) is 29.7 Å². The molecule has 1 aromatic heterocycles. The third-order valence-corrected chi connectivity index (χ3v) is 4.14. The molecule has 0 bridgehead atoms. The Bertz CT molecular complexity index is 590. The Hall–Kier alpha value is -1.81. The fraction of sp³-hybridized carbons (Fsp3) is 0.438. The second-order valence-electron chi connectivity index (χ2n) is 5.54. The van der Waals surface area contributed by atoms with Crippen molar-refractivity contribution in [1.29, 1.82) is 0 Å². The van der Waals surface area contributed by atoms with Crippen molar-refractivity contribution in [2.45, 2.75) is 12.8 Å². The Balaban J connectivity index is 1.80. The van der Waals surface area contributed by atoms with E-state index in [1.807, 2.05) is 18.3 Å². The van der Waals surface area contributed by atoms with E-state index in [1.54, 1.807) is 0 Å². The zero-order valence-corrected chi connectivity index (χ0v) is 12.0. The van der Waals surface area contributed by atoms with Crippen LogP contribution in [0.3, 0.4) is 0 Å². The van der Waals surface area contributed by atoms with E-state index in [1.165, 1.54) is 31.6 Å². The normalized spacial score (nSPS) is 15.8. The summed E-state index contributed by atoms with van der Waals surface area (Å²) in [5.41, 5.74) is 8.87. The first-order valence-corrected chi connectivity index (χ1v) is 7.32. The topological polar surface area (TPSA) is 45.4 Å². The average Bonchev–Trinajstić information content (AvgIpc) is 2.98. The first-order valence-electron chi connectivity index (χ1n) is 7.32. The molecule has 0 saturated carbocycles. The van der Waals surface area contributed by atoms with Gasteiger partial charge in [0.2, 0.25) is 0 Å². The number of pyridine rings is 1. The van der Waals surface area contributed by atoms with E-state index in [-0.39, 0.29) is 0 Å². The zero-order chi connectivity index (χ0) is 13.9. The van der Waals surface area contributed by atoms with Gasteiger partial charge in [0.15, 0.2) is 0 Å². The van der Waals surface area contributed by atoms with Crippen LogP contribution >= 0.6 is 0 Å². The number of aromatic nitrogens is 1. The van der Waals surface area contributed by atoms with Gasteiger partial charge in [0.1, 0.15) is 0 Å². The lowest BCUT2D eigenvalue weighted by Crippen LogP contribution is -2.31. The van der Waals surface area contributed by atoms with E-state index in [2.05, 4.69) is 34.0 Å². The third kappa shape index (κ3) is 2.56. The summed E-state index contributed by atoms with van der Waals surface area (Å²) >= 11 is 0. The van der Waals surface area contributed by atoms with Crippen molar-refractivity contribution in [3.63, 3.8) is 0 Å². The molecule has 4 nitrogen and oxygen atoms in total. The van der Waals surface area contributed by atoms with Gasteiger partial charge in [0.05, 0.1) is 11.2 Å². The monoisotopic (exact) mass is 270 g/mol. The van der Waals surface area contributed by atoms with Gasteiger partial charge in [0.25, 0.3) is 0 Å². The Labute approximate surface area is 120 Å². The van der Waals surface area contributed by atoms with E-state index in [4.69, 9.17) is 5.73 Å². The van der Waals surface area contributed by atoms with Crippen LogP contribution in [0, 0.1) is 0 Å². The molecule has 0 amide bonds. The molecular formula is C16H22N4. The lowest BCUT2D eigenvalue weighted by molar-refractivity contribution is 0.347. The van der Waals surface area contributed by atoms with Crippen molar-refractivity contribution in [3.8, 4) is 0 Å². The maximum atomic E-state index is 6.01. The van der Waals surface area contributed by atoms with Gasteiger partial charge in [-0.25, -0.2) is 0 Å². The van der Waals surface area contributed by atoms with Gasteiger partial charge in [-0.05, 0) is 38.1 Å². The maximum absolute atomic E-state index is 6.01. The molecule has 1 aliphatic rings. The number of anilines is 2. The van der Waals surface area contributed by atoms with Crippen molar-refractivity contribution in [2.75, 3.05) is 43.9 Å². The first-order chi connectivity index (χ1) is 9.75. The smallest absolute Gasteiger partial charge is 0.0951 e. The number of para-hydroxylation sites is 1. The summed E-state index contributed by atoms with van der Waals surface area (Å²) in [4.78, 5) is 9.24. The second kappa shape index (κ2) is 5.67. The van der Waals surface area contributed by atoms with Crippen LogP contribution < -0.4 is 10.6 Å². The minimum Gasteiger partial charge on any atom is -0.397 e. The number of rotatable bonds is 4. The number of nitrogen functional groups attached to an aromatic ring is 1. The minimum atomic E-state index is 0.747. The van der Waals surface area contributed by atoms with Gasteiger partial charge in [-0.3, -0.25) is 4.98 Å². The van der Waals surface area contributed by atoms with Crippen molar-refractivity contribution >= 4 is 22.3 Å². The number of benzene rings is 1. The van der Waals surface area contributed by atoms with Crippen LogP contribution in [-0.2, 0) is 0 Å². The van der Waals surface area contributed by atoms with Gasteiger partial charge in [-0.1, -0.05) is 12.1 Å². The highest BCUT2D eigenvalue weighted by Gasteiger charge is 2.13. The number of fused-ring (bicyclic) bond motifs is 1. The largest absolute Gasteiger partial charge is 0.397 e. The number of hydrogen-bond acceptors (Lipinski definition) is 4. The molecule has 2 N–H and O–H groups in total. The third-order valence-electron chi connectivity index (χ3n) is 4.14. The van der Waals surface area contributed by atoms with Crippen LogP contribution in [0.5, 0.6) is 0 Å². The van der Waals surface area contributed by atoms with Gasteiger partial charge in [-0.2, -0.15) is 0 Å². The van der Waals surface area contributed by atoms with Gasteiger partial charge in [0, 0.05) is 37.4 Å². The van der Waals surface area contributed by atoms with Crippen LogP contribution in [-0.4, -0.2) is 43.1 Å². The SMILES string of the molecule is CN(CCN1CCCC1)c1ccnc2c(N)cccc12. The molecule has 2 aromatic rings. The van der Waals surface area contributed by atoms with Crippen LogP contribution in [0.25, 0.3) is 10.9 Å². The molecule has 0 atom stereocenters. The summed E-state index contributed by atoms with van der Waals surface area (Å²) in [6, 6.07) is 8.08. The van der Waals surface area contributed by atoms with Gasteiger partial charge < -0.3 is 15.5 Å². The van der Waals surface area contributed by atoms with Crippen molar-refractivity contribution in [3.05, 3.63) is 30.5 Å². The predicted molar refractivity (Wildman–Crippen MR) is 85.1 cm³/mol. The number of nitrogens with two attached hydrogens (primary N) is 1. The van der Waals surface area contributed by atoms with Crippen LogP contribution in [0.15, 0.2) is 30.5 Å². The molecule has 0 aliphatic carbocycles.